The fourth-order valence-electron chi connectivity index (χ4n) is 3.85. The molecule has 2 aliphatic heterocycles. The van der Waals surface area contributed by atoms with Gasteiger partial charge in [-0.1, -0.05) is 53.7 Å². The number of aliphatic imine (C=N–C) groups is 1. The average Bonchev–Trinajstić information content (AvgIpc) is 3.10. The third-order valence-electron chi connectivity index (χ3n) is 5.39. The molecule has 0 unspecified atom stereocenters. The topological polar surface area (TPSA) is 66.8 Å². The quantitative estimate of drug-likeness (QED) is 0.749. The molecule has 0 saturated carbocycles. The first-order chi connectivity index (χ1) is 13.7. The van der Waals surface area contributed by atoms with Crippen LogP contribution in [-0.4, -0.2) is 42.3 Å². The van der Waals surface area contributed by atoms with Crippen LogP contribution in [0.3, 0.4) is 0 Å². The molecule has 2 fully saturated rings. The number of fused-ring (bicyclic) bond motifs is 1. The zero-order chi connectivity index (χ0) is 20.8. The number of benzene rings is 2. The second kappa shape index (κ2) is 7.61. The number of sulfone groups is 1. The normalized spacial score (nSPS) is 24.1. The minimum atomic E-state index is -3.08. The van der Waals surface area contributed by atoms with Crippen LogP contribution in [0.5, 0.6) is 0 Å². The Labute approximate surface area is 176 Å². The standard InChI is InChI=1S/C22H24N2O3S2/c1-14-5-8-17(9-6-14)11-21(25)23-22-24(18-10-15(2)4-7-16(18)3)19-12-29(26,27)13-20(19)28-22/h4-10,19-20H,11-13H2,1-3H3/t19-,20-/m0/s1. The molecule has 152 valence electrons. The van der Waals surface area contributed by atoms with Crippen LogP contribution >= 0.6 is 11.8 Å². The first kappa shape index (κ1) is 20.2. The Morgan fingerprint density at radius 1 is 1.07 bits per heavy atom. The second-order valence-electron chi connectivity index (χ2n) is 7.91. The van der Waals surface area contributed by atoms with Gasteiger partial charge < -0.3 is 4.90 Å². The number of hydrogen-bond acceptors (Lipinski definition) is 4. The van der Waals surface area contributed by atoms with Gasteiger partial charge in [0.1, 0.15) is 0 Å². The largest absolute Gasteiger partial charge is 0.315 e. The molecule has 2 heterocycles. The number of anilines is 1. The van der Waals surface area contributed by atoms with E-state index in [0.717, 1.165) is 27.9 Å². The number of amidine groups is 1. The number of aryl methyl sites for hydroxylation is 3. The highest BCUT2D eigenvalue weighted by molar-refractivity contribution is 8.16. The molecule has 2 saturated heterocycles. The van der Waals surface area contributed by atoms with Crippen molar-refractivity contribution in [1.82, 2.24) is 0 Å². The second-order valence-corrected chi connectivity index (χ2v) is 11.3. The van der Waals surface area contributed by atoms with Gasteiger partial charge in [-0.2, -0.15) is 4.99 Å². The summed E-state index contributed by atoms with van der Waals surface area (Å²) in [6, 6.07) is 13.8. The maximum Gasteiger partial charge on any atom is 0.252 e. The lowest BCUT2D eigenvalue weighted by molar-refractivity contribution is -0.117. The van der Waals surface area contributed by atoms with Gasteiger partial charge in [0.2, 0.25) is 0 Å². The molecule has 4 rings (SSSR count). The van der Waals surface area contributed by atoms with E-state index < -0.39 is 9.84 Å². The van der Waals surface area contributed by atoms with E-state index in [2.05, 4.69) is 4.99 Å². The summed E-state index contributed by atoms with van der Waals surface area (Å²) in [5, 5.41) is 0.520. The van der Waals surface area contributed by atoms with E-state index in [4.69, 9.17) is 0 Å². The van der Waals surface area contributed by atoms with Gasteiger partial charge in [-0.25, -0.2) is 8.42 Å². The van der Waals surface area contributed by atoms with Crippen molar-refractivity contribution in [3.05, 3.63) is 64.7 Å². The Kier molecular flexibility index (Phi) is 5.29. The lowest BCUT2D eigenvalue weighted by Gasteiger charge is -2.26. The number of hydrogen-bond donors (Lipinski definition) is 0. The highest BCUT2D eigenvalue weighted by atomic mass is 32.2. The van der Waals surface area contributed by atoms with Crippen LogP contribution in [-0.2, 0) is 21.1 Å². The molecule has 0 aromatic heterocycles. The molecular formula is C22H24N2O3S2. The molecule has 7 heteroatoms. The molecule has 5 nitrogen and oxygen atoms in total. The lowest BCUT2D eigenvalue weighted by atomic mass is 10.1. The maximum absolute atomic E-state index is 12.7. The zero-order valence-electron chi connectivity index (χ0n) is 16.8. The first-order valence-corrected chi connectivity index (χ1v) is 12.3. The van der Waals surface area contributed by atoms with Gasteiger partial charge >= 0.3 is 0 Å². The van der Waals surface area contributed by atoms with Gasteiger partial charge in [0.25, 0.3) is 5.91 Å². The Hall–Kier alpha value is -2.12. The Morgan fingerprint density at radius 3 is 2.48 bits per heavy atom. The van der Waals surface area contributed by atoms with Crippen molar-refractivity contribution in [1.29, 1.82) is 0 Å². The van der Waals surface area contributed by atoms with E-state index in [-0.39, 0.29) is 35.1 Å². The molecule has 2 aliphatic rings. The Morgan fingerprint density at radius 2 is 1.76 bits per heavy atom. The molecule has 2 atom stereocenters. The monoisotopic (exact) mass is 428 g/mol. The molecule has 1 amide bonds. The summed E-state index contributed by atoms with van der Waals surface area (Å²) >= 11 is 1.42. The third-order valence-corrected chi connectivity index (χ3v) is 8.60. The highest BCUT2D eigenvalue weighted by Crippen LogP contribution is 2.42. The molecule has 29 heavy (non-hydrogen) atoms. The van der Waals surface area contributed by atoms with E-state index in [0.29, 0.717) is 5.17 Å². The van der Waals surface area contributed by atoms with Gasteiger partial charge in [0.15, 0.2) is 15.0 Å². The van der Waals surface area contributed by atoms with Crippen LogP contribution in [0, 0.1) is 20.8 Å². The molecular weight excluding hydrogens is 404 g/mol. The SMILES string of the molecule is Cc1ccc(CC(=O)N=C2S[C@H]3CS(=O)(=O)C[C@@H]3N2c2cc(C)ccc2C)cc1. The van der Waals surface area contributed by atoms with Crippen LogP contribution in [0.1, 0.15) is 22.3 Å². The number of carbonyl (C=O) groups excluding carboxylic acids is 1. The lowest BCUT2D eigenvalue weighted by Crippen LogP contribution is -2.38. The van der Waals surface area contributed by atoms with Crippen molar-refractivity contribution in [2.24, 2.45) is 4.99 Å². The van der Waals surface area contributed by atoms with Gasteiger partial charge in [-0.05, 0) is 43.5 Å². The number of carbonyl (C=O) groups is 1. The summed E-state index contributed by atoms with van der Waals surface area (Å²) in [6.07, 6.45) is 0.235. The minimum Gasteiger partial charge on any atom is -0.315 e. The number of amides is 1. The molecule has 0 radical (unpaired) electrons. The van der Waals surface area contributed by atoms with Crippen LogP contribution in [0.15, 0.2) is 47.5 Å². The van der Waals surface area contributed by atoms with E-state index in [1.807, 2.05) is 68.1 Å². The summed E-state index contributed by atoms with van der Waals surface area (Å²) in [6.45, 7) is 6.02. The Balaban J connectivity index is 1.67. The van der Waals surface area contributed by atoms with Gasteiger partial charge in [-0.15, -0.1) is 0 Å². The van der Waals surface area contributed by atoms with Crippen molar-refractivity contribution < 1.29 is 13.2 Å². The summed E-state index contributed by atoms with van der Waals surface area (Å²) in [5.74, 6) is 0.0208. The molecule has 0 spiro atoms. The molecule has 0 N–H and O–H groups in total. The fourth-order valence-corrected chi connectivity index (χ4v) is 7.78. The number of rotatable bonds is 3. The molecule has 2 aromatic carbocycles. The van der Waals surface area contributed by atoms with Gasteiger partial charge in [0.05, 0.1) is 24.0 Å². The predicted molar refractivity (Wildman–Crippen MR) is 120 cm³/mol. The number of nitrogens with zero attached hydrogens (tertiary/aromatic N) is 2. The van der Waals surface area contributed by atoms with Gasteiger partial charge in [-0.3, -0.25) is 4.79 Å². The summed E-state index contributed by atoms with van der Waals surface area (Å²) in [5.41, 5.74) is 5.14. The summed E-state index contributed by atoms with van der Waals surface area (Å²) in [7, 11) is -3.08. The van der Waals surface area contributed by atoms with Crippen LogP contribution in [0.25, 0.3) is 0 Å². The fraction of sp³-hybridized carbons (Fsp3) is 0.364. The van der Waals surface area contributed by atoms with E-state index in [1.54, 1.807) is 0 Å². The minimum absolute atomic E-state index is 0.0918. The summed E-state index contributed by atoms with van der Waals surface area (Å²) in [4.78, 5) is 19.1. The van der Waals surface area contributed by atoms with Crippen molar-refractivity contribution in [2.75, 3.05) is 16.4 Å². The molecule has 0 bridgehead atoms. The van der Waals surface area contributed by atoms with Gasteiger partial charge in [0, 0.05) is 10.9 Å². The molecule has 0 aliphatic carbocycles. The van der Waals surface area contributed by atoms with Crippen molar-refractivity contribution >= 4 is 38.4 Å². The van der Waals surface area contributed by atoms with E-state index in [9.17, 15) is 13.2 Å². The van der Waals surface area contributed by atoms with Crippen molar-refractivity contribution in [3.8, 4) is 0 Å². The van der Waals surface area contributed by atoms with E-state index in [1.165, 1.54) is 11.8 Å². The van der Waals surface area contributed by atoms with Crippen molar-refractivity contribution in [3.63, 3.8) is 0 Å². The van der Waals surface area contributed by atoms with Crippen LogP contribution < -0.4 is 4.90 Å². The molecule has 2 aromatic rings. The Bertz CT molecular complexity index is 1090. The first-order valence-electron chi connectivity index (χ1n) is 9.62. The maximum atomic E-state index is 12.7. The summed E-state index contributed by atoms with van der Waals surface area (Å²) < 4.78 is 24.4. The van der Waals surface area contributed by atoms with Crippen LogP contribution in [0.4, 0.5) is 5.69 Å². The smallest absolute Gasteiger partial charge is 0.252 e. The average molecular weight is 429 g/mol. The van der Waals surface area contributed by atoms with Crippen LogP contribution in [0.2, 0.25) is 0 Å². The number of thioether (sulfide) groups is 1. The van der Waals surface area contributed by atoms with E-state index >= 15 is 0 Å². The predicted octanol–water partition coefficient (Wildman–Crippen LogP) is 3.46. The highest BCUT2D eigenvalue weighted by Gasteiger charge is 2.49. The zero-order valence-corrected chi connectivity index (χ0v) is 18.4. The third kappa shape index (κ3) is 4.26. The van der Waals surface area contributed by atoms with Crippen molar-refractivity contribution in [2.45, 2.75) is 38.5 Å².